The van der Waals surface area contributed by atoms with Gasteiger partial charge in [0.15, 0.2) is 0 Å². The molecule has 1 fully saturated rings. The third-order valence-electron chi connectivity index (χ3n) is 4.56. The van der Waals surface area contributed by atoms with Crippen molar-refractivity contribution in [1.82, 2.24) is 10.3 Å². The molecule has 1 aliphatic rings. The van der Waals surface area contributed by atoms with E-state index in [1.54, 1.807) is 37.6 Å². The van der Waals surface area contributed by atoms with E-state index >= 15 is 0 Å². The van der Waals surface area contributed by atoms with Crippen LogP contribution in [-0.2, 0) is 4.74 Å². The first-order valence-corrected chi connectivity index (χ1v) is 8.90. The first-order valence-electron chi connectivity index (χ1n) is 8.90. The van der Waals surface area contributed by atoms with Gasteiger partial charge in [-0.2, -0.15) is 0 Å². The van der Waals surface area contributed by atoms with Gasteiger partial charge in [-0.3, -0.25) is 5.41 Å². The molecule has 0 bridgehead atoms. The predicted molar refractivity (Wildman–Crippen MR) is 110 cm³/mol. The van der Waals surface area contributed by atoms with Gasteiger partial charge in [0.25, 0.3) is 0 Å². The van der Waals surface area contributed by atoms with E-state index in [4.69, 9.17) is 21.3 Å². The lowest BCUT2D eigenvalue weighted by molar-refractivity contribution is 0.122. The Kier molecular flexibility index (Phi) is 6.00. The number of morpholine rings is 1. The molecule has 0 aliphatic carbocycles. The standard InChI is InChI=1S/C20H23FN6O/c1-25-12-15(11-22)14-8-16(20(24)17(21)9-14)19(23)13-2-3-26-18(10-13)27-4-6-28-7-5-27/h2-3,8-12,22-23,25H,4-7,24H2,1H3/b15-12+,22-11?,23-19?. The van der Waals surface area contributed by atoms with Gasteiger partial charge in [-0.1, -0.05) is 0 Å². The van der Waals surface area contributed by atoms with Gasteiger partial charge in [0, 0.05) is 55.4 Å². The van der Waals surface area contributed by atoms with Crippen LogP contribution >= 0.6 is 0 Å². The van der Waals surface area contributed by atoms with Crippen LogP contribution in [0.25, 0.3) is 5.57 Å². The normalized spacial score (nSPS) is 14.6. The fourth-order valence-electron chi connectivity index (χ4n) is 3.05. The van der Waals surface area contributed by atoms with Gasteiger partial charge in [0.1, 0.15) is 11.6 Å². The van der Waals surface area contributed by atoms with E-state index in [9.17, 15) is 4.39 Å². The minimum atomic E-state index is -0.622. The Balaban J connectivity index is 1.99. The van der Waals surface area contributed by atoms with Crippen LogP contribution < -0.4 is 16.0 Å². The first kappa shape index (κ1) is 19.5. The van der Waals surface area contributed by atoms with E-state index < -0.39 is 5.82 Å². The second kappa shape index (κ2) is 8.62. The molecule has 0 saturated carbocycles. The summed E-state index contributed by atoms with van der Waals surface area (Å²) in [5, 5.41) is 19.0. The van der Waals surface area contributed by atoms with Gasteiger partial charge < -0.3 is 26.1 Å². The zero-order valence-electron chi connectivity index (χ0n) is 15.6. The Morgan fingerprint density at radius 2 is 2.04 bits per heavy atom. The summed E-state index contributed by atoms with van der Waals surface area (Å²) in [4.78, 5) is 6.47. The number of aromatic nitrogens is 1. The Labute approximate surface area is 163 Å². The van der Waals surface area contributed by atoms with Crippen molar-refractivity contribution in [3.63, 3.8) is 0 Å². The van der Waals surface area contributed by atoms with Crippen molar-refractivity contribution in [3.05, 3.63) is 59.2 Å². The van der Waals surface area contributed by atoms with Gasteiger partial charge in [0.2, 0.25) is 0 Å². The minimum absolute atomic E-state index is 0.0905. The fourth-order valence-corrected chi connectivity index (χ4v) is 3.05. The molecule has 1 aromatic carbocycles. The second-order valence-electron chi connectivity index (χ2n) is 6.33. The summed E-state index contributed by atoms with van der Waals surface area (Å²) in [6.07, 6.45) is 4.35. The highest BCUT2D eigenvalue weighted by Crippen LogP contribution is 2.26. The van der Waals surface area contributed by atoms with Gasteiger partial charge >= 0.3 is 0 Å². The number of pyridine rings is 1. The number of allylic oxidation sites excluding steroid dienone is 1. The van der Waals surface area contributed by atoms with E-state index in [2.05, 4.69) is 15.2 Å². The summed E-state index contributed by atoms with van der Waals surface area (Å²) in [6.45, 7) is 2.72. The summed E-state index contributed by atoms with van der Waals surface area (Å²) in [7, 11) is 1.70. The molecule has 0 unspecified atom stereocenters. The lowest BCUT2D eigenvalue weighted by Crippen LogP contribution is -2.36. The van der Waals surface area contributed by atoms with Crippen LogP contribution in [0.3, 0.4) is 0 Å². The van der Waals surface area contributed by atoms with Crippen molar-refractivity contribution in [3.8, 4) is 0 Å². The van der Waals surface area contributed by atoms with E-state index in [1.807, 2.05) is 0 Å². The molecular weight excluding hydrogens is 359 g/mol. The summed E-state index contributed by atoms with van der Waals surface area (Å²) >= 11 is 0. The topological polar surface area (TPSA) is 111 Å². The molecule has 28 heavy (non-hydrogen) atoms. The first-order chi connectivity index (χ1) is 13.5. The Morgan fingerprint density at radius 1 is 1.29 bits per heavy atom. The van der Waals surface area contributed by atoms with Crippen LogP contribution in [-0.4, -0.2) is 50.3 Å². The molecule has 8 heteroatoms. The summed E-state index contributed by atoms with van der Waals surface area (Å²) < 4.78 is 19.8. The van der Waals surface area contributed by atoms with Crippen LogP contribution in [0.5, 0.6) is 0 Å². The third-order valence-corrected chi connectivity index (χ3v) is 4.56. The van der Waals surface area contributed by atoms with Gasteiger partial charge in [-0.15, -0.1) is 0 Å². The average molecular weight is 382 g/mol. The van der Waals surface area contributed by atoms with Crippen molar-refractivity contribution in [2.75, 3.05) is 44.0 Å². The number of nitrogen functional groups attached to an aromatic ring is 1. The third kappa shape index (κ3) is 4.01. The number of ether oxygens (including phenoxy) is 1. The predicted octanol–water partition coefficient (Wildman–Crippen LogP) is 2.27. The SMILES string of the molecule is CN/C=C(\C=N)c1cc(F)c(N)c(C(=N)c2ccnc(N3CCOCC3)c2)c1. The number of nitrogens with two attached hydrogens (primary N) is 1. The molecule has 1 saturated heterocycles. The van der Waals surface area contributed by atoms with Gasteiger partial charge in [-0.25, -0.2) is 9.37 Å². The number of nitrogens with one attached hydrogen (secondary N) is 3. The molecule has 1 aromatic heterocycles. The number of halogens is 1. The maximum Gasteiger partial charge on any atom is 0.147 e. The molecule has 5 N–H and O–H groups in total. The molecule has 0 spiro atoms. The molecule has 2 aromatic rings. The Morgan fingerprint density at radius 3 is 2.71 bits per heavy atom. The molecule has 1 aliphatic heterocycles. The molecule has 2 heterocycles. The zero-order chi connectivity index (χ0) is 20.1. The number of benzene rings is 1. The van der Waals surface area contributed by atoms with Gasteiger partial charge in [0.05, 0.1) is 24.6 Å². The van der Waals surface area contributed by atoms with Crippen LogP contribution in [0.15, 0.2) is 36.7 Å². The zero-order valence-corrected chi connectivity index (χ0v) is 15.6. The van der Waals surface area contributed by atoms with E-state index in [0.717, 1.165) is 25.1 Å². The smallest absolute Gasteiger partial charge is 0.147 e. The van der Waals surface area contributed by atoms with Crippen molar-refractivity contribution in [2.24, 2.45) is 0 Å². The second-order valence-corrected chi connectivity index (χ2v) is 6.33. The van der Waals surface area contributed by atoms with Crippen LogP contribution in [0.2, 0.25) is 0 Å². The van der Waals surface area contributed by atoms with E-state index in [-0.39, 0.29) is 17.0 Å². The van der Waals surface area contributed by atoms with Gasteiger partial charge in [-0.05, 0) is 29.8 Å². The molecule has 0 amide bonds. The molecule has 7 nitrogen and oxygen atoms in total. The average Bonchev–Trinajstić information content (AvgIpc) is 2.74. The van der Waals surface area contributed by atoms with E-state index in [0.29, 0.717) is 29.9 Å². The molecule has 146 valence electrons. The van der Waals surface area contributed by atoms with Crippen LogP contribution in [0, 0.1) is 16.6 Å². The quantitative estimate of drug-likeness (QED) is 0.452. The maximum absolute atomic E-state index is 14.4. The molecule has 0 radical (unpaired) electrons. The van der Waals surface area contributed by atoms with Crippen molar-refractivity contribution < 1.29 is 9.13 Å². The highest BCUT2D eigenvalue weighted by molar-refractivity contribution is 6.16. The number of hydrogen-bond acceptors (Lipinski definition) is 7. The highest BCUT2D eigenvalue weighted by Gasteiger charge is 2.18. The van der Waals surface area contributed by atoms with Crippen LogP contribution in [0.4, 0.5) is 15.9 Å². The number of anilines is 2. The number of nitrogens with zero attached hydrogens (tertiary/aromatic N) is 2. The fraction of sp³-hybridized carbons (Fsp3) is 0.250. The van der Waals surface area contributed by atoms with E-state index in [1.165, 1.54) is 6.07 Å². The molecular formula is C20H23FN6O. The number of hydrogen-bond donors (Lipinski definition) is 4. The summed E-state index contributed by atoms with van der Waals surface area (Å²) in [6, 6.07) is 6.41. The molecule has 3 rings (SSSR count). The lowest BCUT2D eigenvalue weighted by atomic mass is 9.96. The monoisotopic (exact) mass is 382 g/mol. The summed E-state index contributed by atoms with van der Waals surface area (Å²) in [5.74, 6) is 0.125. The minimum Gasteiger partial charge on any atom is -0.396 e. The van der Waals surface area contributed by atoms with Crippen LogP contribution in [0.1, 0.15) is 16.7 Å². The largest absolute Gasteiger partial charge is 0.396 e. The molecule has 0 atom stereocenters. The Hall–Kier alpha value is -3.26. The Bertz CT molecular complexity index is 921. The highest BCUT2D eigenvalue weighted by atomic mass is 19.1. The van der Waals surface area contributed by atoms with Crippen molar-refractivity contribution in [2.45, 2.75) is 0 Å². The van der Waals surface area contributed by atoms with Crippen molar-refractivity contribution >= 4 is 29.0 Å². The maximum atomic E-state index is 14.4. The lowest BCUT2D eigenvalue weighted by Gasteiger charge is -2.28. The number of rotatable bonds is 6. The summed E-state index contributed by atoms with van der Waals surface area (Å²) in [5.41, 5.74) is 7.77. The van der Waals surface area contributed by atoms with Crippen molar-refractivity contribution in [1.29, 1.82) is 10.8 Å².